The molecule has 1 aromatic heterocycles. The Morgan fingerprint density at radius 1 is 1.03 bits per heavy atom. The number of nitrogens with one attached hydrogen (secondary N) is 2. The number of benzene rings is 2. The number of hydrogen-bond acceptors (Lipinski definition) is 5. The zero-order chi connectivity index (χ0) is 21.0. The third-order valence-electron chi connectivity index (χ3n) is 4.37. The van der Waals surface area contributed by atoms with Gasteiger partial charge in [-0.25, -0.2) is 4.79 Å². The van der Waals surface area contributed by atoms with E-state index in [1.807, 2.05) is 62.4 Å². The Balaban J connectivity index is 1.94. The van der Waals surface area contributed by atoms with Gasteiger partial charge in [-0.15, -0.1) is 11.3 Å². The van der Waals surface area contributed by atoms with Crippen LogP contribution in [0.4, 0.5) is 10.7 Å². The molecule has 29 heavy (non-hydrogen) atoms. The van der Waals surface area contributed by atoms with E-state index in [2.05, 4.69) is 10.6 Å². The number of carbonyl (C=O) groups is 1. The Morgan fingerprint density at radius 2 is 1.76 bits per heavy atom. The van der Waals surface area contributed by atoms with Crippen LogP contribution in [0.2, 0.25) is 0 Å². The van der Waals surface area contributed by atoms with Gasteiger partial charge in [0.25, 0.3) is 0 Å². The molecule has 0 unspecified atom stereocenters. The molecule has 0 spiro atoms. The summed E-state index contributed by atoms with van der Waals surface area (Å²) in [7, 11) is 2.98. The van der Waals surface area contributed by atoms with Crippen LogP contribution in [-0.2, 0) is 4.74 Å². The van der Waals surface area contributed by atoms with Crippen LogP contribution < -0.4 is 15.4 Å². The largest absolute Gasteiger partial charge is 0.495 e. The summed E-state index contributed by atoms with van der Waals surface area (Å²) in [5.74, 6) is 0.270. The number of thiophene rings is 1. The van der Waals surface area contributed by atoms with Crippen LogP contribution >= 0.6 is 23.6 Å². The second-order valence-electron chi connectivity index (χ2n) is 6.38. The van der Waals surface area contributed by atoms with Crippen molar-refractivity contribution >= 4 is 45.3 Å². The van der Waals surface area contributed by atoms with E-state index in [1.165, 1.54) is 18.4 Å². The maximum atomic E-state index is 12.6. The lowest BCUT2D eigenvalue weighted by molar-refractivity contribution is 0.0603. The van der Waals surface area contributed by atoms with Crippen LogP contribution in [0, 0.1) is 13.8 Å². The molecule has 0 saturated heterocycles. The number of hydrogen-bond donors (Lipinski definition) is 2. The lowest BCUT2D eigenvalue weighted by atomic mass is 10.0. The average Bonchev–Trinajstić information content (AvgIpc) is 3.03. The minimum atomic E-state index is -0.411. The fourth-order valence-corrected chi connectivity index (χ4v) is 4.40. The maximum absolute atomic E-state index is 12.6. The SMILES string of the molecule is COC(=O)c1c(NC(=S)Nc2cc(C)ccc2OC)sc(C)c1-c1ccccc1. The van der Waals surface area contributed by atoms with Gasteiger partial charge in [0.05, 0.1) is 19.9 Å². The van der Waals surface area contributed by atoms with Crippen molar-refractivity contribution < 1.29 is 14.3 Å². The van der Waals surface area contributed by atoms with Gasteiger partial charge in [0.2, 0.25) is 0 Å². The Morgan fingerprint density at radius 3 is 2.41 bits per heavy atom. The average molecular weight is 427 g/mol. The summed E-state index contributed by atoms with van der Waals surface area (Å²) < 4.78 is 10.4. The standard InChI is InChI=1S/C22H22N2O3S2/c1-13-10-11-17(26-3)16(12-13)23-22(28)24-20-19(21(25)27-4)18(14(2)29-20)15-8-6-5-7-9-15/h5-12H,1-4H3,(H2,23,24,28). The van der Waals surface area contributed by atoms with E-state index < -0.39 is 5.97 Å². The van der Waals surface area contributed by atoms with Crippen molar-refractivity contribution in [1.82, 2.24) is 0 Å². The topological polar surface area (TPSA) is 59.6 Å². The van der Waals surface area contributed by atoms with Crippen LogP contribution in [-0.4, -0.2) is 25.3 Å². The number of ether oxygens (including phenoxy) is 2. The summed E-state index contributed by atoms with van der Waals surface area (Å²) >= 11 is 6.96. The number of thiocarbonyl (C=S) groups is 1. The number of esters is 1. The Labute approximate surface area is 179 Å². The number of methoxy groups -OCH3 is 2. The van der Waals surface area contributed by atoms with E-state index >= 15 is 0 Å². The lowest BCUT2D eigenvalue weighted by Crippen LogP contribution is -2.20. The van der Waals surface area contributed by atoms with Crippen molar-refractivity contribution in [1.29, 1.82) is 0 Å². The van der Waals surface area contributed by atoms with Crippen LogP contribution in [0.15, 0.2) is 48.5 Å². The van der Waals surface area contributed by atoms with Gasteiger partial charge < -0.3 is 20.1 Å². The molecule has 0 fully saturated rings. The van der Waals surface area contributed by atoms with Crippen LogP contribution in [0.5, 0.6) is 5.75 Å². The molecule has 0 radical (unpaired) electrons. The van der Waals surface area contributed by atoms with Gasteiger partial charge >= 0.3 is 5.97 Å². The molecule has 1 heterocycles. The molecular weight excluding hydrogens is 404 g/mol. The molecule has 0 aliphatic rings. The Hall–Kier alpha value is -2.90. The van der Waals surface area contributed by atoms with Gasteiger partial charge in [-0.2, -0.15) is 0 Å². The highest BCUT2D eigenvalue weighted by molar-refractivity contribution is 7.80. The van der Waals surface area contributed by atoms with Crippen LogP contribution in [0.1, 0.15) is 20.8 Å². The van der Waals surface area contributed by atoms with Crippen molar-refractivity contribution in [2.24, 2.45) is 0 Å². The van der Waals surface area contributed by atoms with Crippen molar-refractivity contribution in [2.75, 3.05) is 24.9 Å². The van der Waals surface area contributed by atoms with Crippen molar-refractivity contribution in [3.8, 4) is 16.9 Å². The van der Waals surface area contributed by atoms with Gasteiger partial charge in [0.15, 0.2) is 5.11 Å². The summed E-state index contributed by atoms with van der Waals surface area (Å²) in [6.45, 7) is 3.97. The van der Waals surface area contributed by atoms with Gasteiger partial charge in [0, 0.05) is 10.4 Å². The monoisotopic (exact) mass is 426 g/mol. The first-order valence-electron chi connectivity index (χ1n) is 8.94. The van der Waals surface area contributed by atoms with Gasteiger partial charge in [-0.3, -0.25) is 0 Å². The third-order valence-corrected chi connectivity index (χ3v) is 5.59. The van der Waals surface area contributed by atoms with E-state index in [9.17, 15) is 4.79 Å². The molecule has 3 rings (SSSR count). The molecule has 0 atom stereocenters. The molecule has 2 aromatic carbocycles. The molecule has 0 amide bonds. The number of anilines is 2. The fraction of sp³-hybridized carbons (Fsp3) is 0.182. The summed E-state index contributed by atoms with van der Waals surface area (Å²) in [6, 6.07) is 15.6. The molecule has 3 aromatic rings. The summed E-state index contributed by atoms with van der Waals surface area (Å²) in [6.07, 6.45) is 0. The highest BCUT2D eigenvalue weighted by Crippen LogP contribution is 2.40. The van der Waals surface area contributed by atoms with E-state index in [-0.39, 0.29) is 0 Å². The number of rotatable bonds is 5. The second-order valence-corrected chi connectivity index (χ2v) is 8.01. The molecule has 7 heteroatoms. The first-order valence-corrected chi connectivity index (χ1v) is 10.2. The van der Waals surface area contributed by atoms with Gasteiger partial charge in [-0.1, -0.05) is 36.4 Å². The molecule has 0 saturated carbocycles. The molecule has 0 bridgehead atoms. The molecule has 0 aliphatic carbocycles. The quantitative estimate of drug-likeness (QED) is 0.407. The van der Waals surface area contributed by atoms with Crippen molar-refractivity contribution in [3.05, 3.63) is 64.5 Å². The number of aryl methyl sites for hydroxylation is 2. The predicted molar refractivity (Wildman–Crippen MR) is 123 cm³/mol. The Bertz CT molecular complexity index is 1050. The molecule has 2 N–H and O–H groups in total. The van der Waals surface area contributed by atoms with E-state index in [1.54, 1.807) is 7.11 Å². The van der Waals surface area contributed by atoms with E-state index in [0.29, 0.717) is 21.4 Å². The first-order chi connectivity index (χ1) is 13.9. The smallest absolute Gasteiger partial charge is 0.341 e. The lowest BCUT2D eigenvalue weighted by Gasteiger charge is -2.14. The zero-order valence-electron chi connectivity index (χ0n) is 16.7. The normalized spacial score (nSPS) is 10.3. The van der Waals surface area contributed by atoms with Crippen molar-refractivity contribution in [2.45, 2.75) is 13.8 Å². The van der Waals surface area contributed by atoms with Gasteiger partial charge in [-0.05, 0) is 49.3 Å². The second kappa shape index (κ2) is 9.07. The first kappa shape index (κ1) is 20.8. The number of carbonyl (C=O) groups excluding carboxylic acids is 1. The summed E-state index contributed by atoms with van der Waals surface area (Å²) in [5, 5.41) is 7.31. The van der Waals surface area contributed by atoms with Crippen LogP contribution in [0.25, 0.3) is 11.1 Å². The minimum absolute atomic E-state index is 0.361. The fourth-order valence-electron chi connectivity index (χ4n) is 3.06. The van der Waals surface area contributed by atoms with E-state index in [4.69, 9.17) is 21.7 Å². The Kier molecular flexibility index (Phi) is 6.51. The molecular formula is C22H22N2O3S2. The maximum Gasteiger partial charge on any atom is 0.341 e. The highest BCUT2D eigenvalue weighted by atomic mass is 32.1. The van der Waals surface area contributed by atoms with E-state index in [0.717, 1.165) is 27.3 Å². The molecule has 5 nitrogen and oxygen atoms in total. The van der Waals surface area contributed by atoms with Crippen molar-refractivity contribution in [3.63, 3.8) is 0 Å². The summed E-state index contributed by atoms with van der Waals surface area (Å²) in [4.78, 5) is 13.6. The third kappa shape index (κ3) is 4.58. The predicted octanol–water partition coefficient (Wildman–Crippen LogP) is 5.64. The minimum Gasteiger partial charge on any atom is -0.495 e. The molecule has 150 valence electrons. The highest BCUT2D eigenvalue weighted by Gasteiger charge is 2.24. The zero-order valence-corrected chi connectivity index (χ0v) is 18.3. The summed E-state index contributed by atoms with van der Waals surface area (Å²) in [5.41, 5.74) is 4.10. The van der Waals surface area contributed by atoms with Gasteiger partial charge in [0.1, 0.15) is 16.3 Å². The molecule has 0 aliphatic heterocycles. The van der Waals surface area contributed by atoms with Crippen LogP contribution in [0.3, 0.4) is 0 Å².